The van der Waals surface area contributed by atoms with Gasteiger partial charge in [-0.2, -0.15) is 4.98 Å². The monoisotopic (exact) mass is 436 g/mol. The summed E-state index contributed by atoms with van der Waals surface area (Å²) in [5, 5.41) is 3.11. The van der Waals surface area contributed by atoms with Crippen molar-refractivity contribution in [3.05, 3.63) is 54.7 Å². The lowest BCUT2D eigenvalue weighted by Crippen LogP contribution is -2.36. The summed E-state index contributed by atoms with van der Waals surface area (Å²) < 4.78 is 12.4. The van der Waals surface area contributed by atoms with E-state index in [1.807, 2.05) is 37.4 Å². The minimum atomic E-state index is -0.149. The Kier molecular flexibility index (Phi) is 6.53. The number of anilines is 1. The van der Waals surface area contributed by atoms with Gasteiger partial charge in [0.15, 0.2) is 11.5 Å². The first-order valence-electron chi connectivity index (χ1n) is 10.7. The Hall–Kier alpha value is -3.62. The van der Waals surface area contributed by atoms with E-state index in [1.54, 1.807) is 37.5 Å². The first-order valence-corrected chi connectivity index (χ1v) is 10.7. The van der Waals surface area contributed by atoms with Crippen LogP contribution in [-0.2, 0) is 4.79 Å². The van der Waals surface area contributed by atoms with Gasteiger partial charge in [-0.15, -0.1) is 0 Å². The van der Waals surface area contributed by atoms with E-state index in [2.05, 4.69) is 25.2 Å². The lowest BCUT2D eigenvalue weighted by molar-refractivity contribution is -0.122. The molecule has 1 fully saturated rings. The molecular formula is C23H28N6O3. The van der Waals surface area contributed by atoms with Crippen molar-refractivity contribution in [1.82, 2.24) is 24.8 Å². The van der Waals surface area contributed by atoms with Crippen LogP contribution >= 0.6 is 0 Å². The molecule has 0 spiro atoms. The van der Waals surface area contributed by atoms with Crippen LogP contribution in [0.15, 0.2) is 49.2 Å². The van der Waals surface area contributed by atoms with Gasteiger partial charge in [-0.25, -0.2) is 9.97 Å². The summed E-state index contributed by atoms with van der Waals surface area (Å²) >= 11 is 0. The number of hydrogen-bond donors (Lipinski definition) is 1. The number of nitrogens with zero attached hydrogens (tertiary/aromatic N) is 5. The van der Waals surface area contributed by atoms with Crippen molar-refractivity contribution in [1.29, 1.82) is 0 Å². The lowest BCUT2D eigenvalue weighted by atomic mass is 10.1. The molecule has 168 valence electrons. The Labute approximate surface area is 187 Å². The van der Waals surface area contributed by atoms with Crippen molar-refractivity contribution < 1.29 is 14.3 Å². The smallest absolute Gasteiger partial charge is 0.236 e. The maximum Gasteiger partial charge on any atom is 0.236 e. The number of carbonyl (C=O) groups is 1. The largest absolute Gasteiger partial charge is 0.493 e. The fourth-order valence-corrected chi connectivity index (χ4v) is 4.07. The molecule has 4 rings (SSSR count). The number of nitrogens with one attached hydrogen (secondary N) is 1. The predicted molar refractivity (Wildman–Crippen MR) is 120 cm³/mol. The van der Waals surface area contributed by atoms with E-state index in [1.165, 1.54) is 0 Å². The van der Waals surface area contributed by atoms with E-state index in [-0.39, 0.29) is 18.0 Å². The van der Waals surface area contributed by atoms with E-state index in [0.29, 0.717) is 23.9 Å². The molecule has 32 heavy (non-hydrogen) atoms. The third kappa shape index (κ3) is 4.66. The Balaban J connectivity index is 1.41. The predicted octanol–water partition coefficient (Wildman–Crippen LogP) is 2.92. The average molecular weight is 437 g/mol. The van der Waals surface area contributed by atoms with Crippen LogP contribution in [-0.4, -0.2) is 52.2 Å². The molecule has 1 N–H and O–H groups in total. The van der Waals surface area contributed by atoms with Gasteiger partial charge in [-0.1, -0.05) is 6.07 Å². The Bertz CT molecular complexity index is 1060. The molecule has 9 heteroatoms. The van der Waals surface area contributed by atoms with Gasteiger partial charge in [0.2, 0.25) is 11.9 Å². The molecule has 0 radical (unpaired) electrons. The summed E-state index contributed by atoms with van der Waals surface area (Å²) in [6.45, 7) is 2.83. The molecule has 1 aliphatic heterocycles. The minimum absolute atomic E-state index is 0.00748. The standard InChI is InChI=1S/C23H28N6O3/c1-16(17-6-7-19(31-2)20(13-17)32-3)26-22(30)14-18-5-4-11-29(18)21-8-9-25-23(27-21)28-12-10-24-15-28/h6-10,12-13,15-16,18H,4-5,11,14H2,1-3H3,(H,26,30). The molecule has 3 aromatic rings. The molecule has 1 aromatic carbocycles. The fraction of sp³-hybridized carbons (Fsp3) is 0.391. The molecule has 3 heterocycles. The third-order valence-corrected chi connectivity index (χ3v) is 5.74. The van der Waals surface area contributed by atoms with Crippen molar-refractivity contribution in [2.24, 2.45) is 0 Å². The number of aromatic nitrogens is 4. The van der Waals surface area contributed by atoms with Gasteiger partial charge in [0.25, 0.3) is 0 Å². The maximum atomic E-state index is 12.9. The third-order valence-electron chi connectivity index (χ3n) is 5.74. The van der Waals surface area contributed by atoms with Gasteiger partial charge >= 0.3 is 0 Å². The van der Waals surface area contributed by atoms with E-state index < -0.39 is 0 Å². The molecule has 2 unspecified atom stereocenters. The molecule has 0 saturated carbocycles. The Morgan fingerprint density at radius 3 is 2.81 bits per heavy atom. The second kappa shape index (κ2) is 9.67. The van der Waals surface area contributed by atoms with Gasteiger partial charge in [-0.05, 0) is 43.5 Å². The van der Waals surface area contributed by atoms with Crippen molar-refractivity contribution >= 4 is 11.7 Å². The molecule has 1 amide bonds. The van der Waals surface area contributed by atoms with Crippen molar-refractivity contribution in [3.8, 4) is 17.4 Å². The zero-order chi connectivity index (χ0) is 22.5. The van der Waals surface area contributed by atoms with Crippen LogP contribution in [0.3, 0.4) is 0 Å². The van der Waals surface area contributed by atoms with Gasteiger partial charge in [0.1, 0.15) is 12.1 Å². The summed E-state index contributed by atoms with van der Waals surface area (Å²) in [6, 6.07) is 7.52. The topological polar surface area (TPSA) is 94.4 Å². The number of rotatable bonds is 8. The van der Waals surface area contributed by atoms with Crippen LogP contribution in [0.2, 0.25) is 0 Å². The number of hydrogen-bond acceptors (Lipinski definition) is 7. The van der Waals surface area contributed by atoms with Crippen molar-refractivity contribution in [2.45, 2.75) is 38.3 Å². The number of benzene rings is 1. The zero-order valence-corrected chi connectivity index (χ0v) is 18.6. The first kappa shape index (κ1) is 21.6. The summed E-state index contributed by atoms with van der Waals surface area (Å²) in [5.41, 5.74) is 0.958. The van der Waals surface area contributed by atoms with Crippen LogP contribution in [0.4, 0.5) is 5.82 Å². The summed E-state index contributed by atoms with van der Waals surface area (Å²) in [7, 11) is 3.21. The van der Waals surface area contributed by atoms with Gasteiger partial charge in [0, 0.05) is 37.6 Å². The molecule has 0 aliphatic carbocycles. The quantitative estimate of drug-likeness (QED) is 0.580. The second-order valence-corrected chi connectivity index (χ2v) is 7.78. The summed E-state index contributed by atoms with van der Waals surface area (Å²) in [5.74, 6) is 2.71. The SMILES string of the molecule is COc1ccc(C(C)NC(=O)CC2CCCN2c2ccnc(-n3ccnc3)n2)cc1OC. The highest BCUT2D eigenvalue weighted by molar-refractivity contribution is 5.77. The molecule has 9 nitrogen and oxygen atoms in total. The molecule has 2 atom stereocenters. The van der Waals surface area contributed by atoms with E-state index in [4.69, 9.17) is 9.47 Å². The van der Waals surface area contributed by atoms with Crippen molar-refractivity contribution in [3.63, 3.8) is 0 Å². The van der Waals surface area contributed by atoms with E-state index in [9.17, 15) is 4.79 Å². The molecule has 0 bridgehead atoms. The average Bonchev–Trinajstić information content (AvgIpc) is 3.51. The molecule has 1 saturated heterocycles. The number of carbonyl (C=O) groups excluding carboxylic acids is 1. The highest BCUT2D eigenvalue weighted by atomic mass is 16.5. The maximum absolute atomic E-state index is 12.9. The normalized spacial score (nSPS) is 16.6. The number of methoxy groups -OCH3 is 2. The molecular weight excluding hydrogens is 408 g/mol. The van der Waals surface area contributed by atoms with Crippen LogP contribution in [0.1, 0.15) is 37.8 Å². The second-order valence-electron chi connectivity index (χ2n) is 7.78. The highest BCUT2D eigenvalue weighted by Gasteiger charge is 2.28. The van der Waals surface area contributed by atoms with Gasteiger partial charge < -0.3 is 19.7 Å². The Morgan fingerprint density at radius 2 is 2.06 bits per heavy atom. The van der Waals surface area contributed by atoms with Crippen LogP contribution in [0.25, 0.3) is 5.95 Å². The van der Waals surface area contributed by atoms with Gasteiger partial charge in [0.05, 0.1) is 20.3 Å². The zero-order valence-electron chi connectivity index (χ0n) is 18.6. The fourth-order valence-electron chi connectivity index (χ4n) is 4.07. The first-order chi connectivity index (χ1) is 15.6. The van der Waals surface area contributed by atoms with Crippen LogP contribution < -0.4 is 19.7 Å². The van der Waals surface area contributed by atoms with Gasteiger partial charge in [-0.3, -0.25) is 9.36 Å². The number of imidazole rings is 1. The minimum Gasteiger partial charge on any atom is -0.493 e. The molecule has 1 aliphatic rings. The van der Waals surface area contributed by atoms with E-state index in [0.717, 1.165) is 30.8 Å². The summed E-state index contributed by atoms with van der Waals surface area (Å²) in [4.78, 5) is 28.1. The number of ether oxygens (including phenoxy) is 2. The summed E-state index contributed by atoms with van der Waals surface area (Å²) in [6.07, 6.45) is 9.29. The van der Waals surface area contributed by atoms with Crippen LogP contribution in [0, 0.1) is 0 Å². The lowest BCUT2D eigenvalue weighted by Gasteiger charge is -2.26. The molecule has 2 aromatic heterocycles. The van der Waals surface area contributed by atoms with Crippen molar-refractivity contribution in [2.75, 3.05) is 25.7 Å². The highest BCUT2D eigenvalue weighted by Crippen LogP contribution is 2.30. The Morgan fingerprint density at radius 1 is 1.22 bits per heavy atom. The van der Waals surface area contributed by atoms with Crippen LogP contribution in [0.5, 0.6) is 11.5 Å². The number of amides is 1. The van der Waals surface area contributed by atoms with E-state index >= 15 is 0 Å².